The zero-order valence-corrected chi connectivity index (χ0v) is 16.3. The number of aromatic nitrogens is 2. The fraction of sp³-hybridized carbons (Fsp3) is 0.450. The van der Waals surface area contributed by atoms with E-state index in [0.29, 0.717) is 24.6 Å². The number of rotatable bonds is 7. The number of benzene rings is 1. The van der Waals surface area contributed by atoms with Crippen LogP contribution in [0.1, 0.15) is 49.3 Å². The van der Waals surface area contributed by atoms with Gasteiger partial charge >= 0.3 is 0 Å². The van der Waals surface area contributed by atoms with Gasteiger partial charge in [0.1, 0.15) is 5.82 Å². The maximum atomic E-state index is 12.2. The van der Waals surface area contributed by atoms with Crippen LogP contribution >= 0.6 is 0 Å². The Morgan fingerprint density at radius 3 is 2.35 bits per heavy atom. The molecule has 0 aliphatic heterocycles. The number of aryl methyl sites for hydroxylation is 1. The molecule has 6 heteroatoms. The summed E-state index contributed by atoms with van der Waals surface area (Å²) in [6.07, 6.45) is 0. The first kappa shape index (κ1) is 19.7. The lowest BCUT2D eigenvalue weighted by Crippen LogP contribution is -2.29. The van der Waals surface area contributed by atoms with E-state index in [1.165, 1.54) is 5.56 Å². The summed E-state index contributed by atoms with van der Waals surface area (Å²) < 4.78 is 0. The molecule has 1 aromatic heterocycles. The van der Waals surface area contributed by atoms with Crippen molar-refractivity contribution < 1.29 is 4.79 Å². The summed E-state index contributed by atoms with van der Waals surface area (Å²) in [5, 5.41) is 9.24. The summed E-state index contributed by atoms with van der Waals surface area (Å²) in [6.45, 7) is 12.3. The van der Waals surface area contributed by atoms with Gasteiger partial charge in [0.25, 0.3) is 5.91 Å². The highest BCUT2D eigenvalue weighted by Gasteiger charge is 2.14. The molecule has 0 unspecified atom stereocenters. The lowest BCUT2D eigenvalue weighted by atomic mass is 9.87. The summed E-state index contributed by atoms with van der Waals surface area (Å²) in [7, 11) is 0. The molecule has 140 valence electrons. The minimum Gasteiger partial charge on any atom is -0.368 e. The Kier molecular flexibility index (Phi) is 6.55. The number of anilines is 2. The van der Waals surface area contributed by atoms with Crippen LogP contribution in [0.2, 0.25) is 0 Å². The minimum atomic E-state index is -0.0699. The fourth-order valence-corrected chi connectivity index (χ4v) is 2.49. The van der Waals surface area contributed by atoms with Gasteiger partial charge in [0.2, 0.25) is 5.95 Å². The van der Waals surface area contributed by atoms with Crippen molar-refractivity contribution >= 4 is 17.7 Å². The van der Waals surface area contributed by atoms with E-state index in [4.69, 9.17) is 0 Å². The van der Waals surface area contributed by atoms with Crippen LogP contribution in [0.25, 0.3) is 0 Å². The van der Waals surface area contributed by atoms with Gasteiger partial charge in [-0.1, -0.05) is 32.9 Å². The first-order chi connectivity index (χ1) is 12.3. The second kappa shape index (κ2) is 8.65. The number of hydrogen-bond donors (Lipinski definition) is 3. The maximum absolute atomic E-state index is 12.2. The summed E-state index contributed by atoms with van der Waals surface area (Å²) in [5.41, 5.74) is 2.86. The van der Waals surface area contributed by atoms with E-state index in [2.05, 4.69) is 46.7 Å². The Balaban J connectivity index is 1.83. The molecule has 0 aliphatic rings. The average Bonchev–Trinajstić information content (AvgIpc) is 2.58. The minimum absolute atomic E-state index is 0.0699. The van der Waals surface area contributed by atoms with Gasteiger partial charge in [-0.3, -0.25) is 4.79 Å². The molecule has 2 aromatic rings. The van der Waals surface area contributed by atoms with Crippen LogP contribution in [0.3, 0.4) is 0 Å². The third kappa shape index (κ3) is 5.72. The van der Waals surface area contributed by atoms with Crippen molar-refractivity contribution in [3.63, 3.8) is 0 Å². The Labute approximate surface area is 155 Å². The average molecular weight is 355 g/mol. The van der Waals surface area contributed by atoms with E-state index >= 15 is 0 Å². The first-order valence-electron chi connectivity index (χ1n) is 9.02. The standard InChI is InChI=1S/C20H29N5O/c1-6-21-19-24-14(2)13-17(25-19)22-11-12-23-18(26)15-7-9-16(10-8-15)20(3,4)5/h7-10,13H,6,11-12H2,1-5H3,(H,23,26)(H2,21,22,24,25). The molecule has 0 fully saturated rings. The molecule has 2 rings (SSSR count). The highest BCUT2D eigenvalue weighted by atomic mass is 16.1. The summed E-state index contributed by atoms with van der Waals surface area (Å²) in [4.78, 5) is 20.9. The molecular formula is C20H29N5O. The molecule has 26 heavy (non-hydrogen) atoms. The van der Waals surface area contributed by atoms with E-state index in [9.17, 15) is 4.79 Å². The lowest BCUT2D eigenvalue weighted by molar-refractivity contribution is 0.0955. The van der Waals surface area contributed by atoms with Crippen molar-refractivity contribution in [2.24, 2.45) is 0 Å². The zero-order chi connectivity index (χ0) is 19.2. The smallest absolute Gasteiger partial charge is 0.251 e. The van der Waals surface area contributed by atoms with Crippen LogP contribution < -0.4 is 16.0 Å². The quantitative estimate of drug-likeness (QED) is 0.664. The lowest BCUT2D eigenvalue weighted by Gasteiger charge is -2.19. The third-order valence-corrected chi connectivity index (χ3v) is 3.92. The number of nitrogens with one attached hydrogen (secondary N) is 3. The molecule has 1 heterocycles. The molecule has 0 atom stereocenters. The number of nitrogens with zero attached hydrogens (tertiary/aromatic N) is 2. The molecule has 0 saturated heterocycles. The molecule has 0 aliphatic carbocycles. The van der Waals surface area contributed by atoms with Crippen molar-refractivity contribution in [1.82, 2.24) is 15.3 Å². The topological polar surface area (TPSA) is 78.9 Å². The molecule has 1 aromatic carbocycles. The fourth-order valence-electron chi connectivity index (χ4n) is 2.49. The highest BCUT2D eigenvalue weighted by Crippen LogP contribution is 2.22. The Bertz CT molecular complexity index is 735. The highest BCUT2D eigenvalue weighted by molar-refractivity contribution is 5.94. The Hall–Kier alpha value is -2.63. The molecular weight excluding hydrogens is 326 g/mol. The summed E-state index contributed by atoms with van der Waals surface area (Å²) >= 11 is 0. The van der Waals surface area contributed by atoms with Crippen LogP contribution in [0.5, 0.6) is 0 Å². The molecule has 1 amide bonds. The van der Waals surface area contributed by atoms with Crippen molar-refractivity contribution in [2.45, 2.75) is 40.0 Å². The van der Waals surface area contributed by atoms with Crippen LogP contribution in [0.4, 0.5) is 11.8 Å². The SMILES string of the molecule is CCNc1nc(C)cc(NCCNC(=O)c2ccc(C(C)(C)C)cc2)n1. The van der Waals surface area contributed by atoms with Crippen LogP contribution in [0, 0.1) is 6.92 Å². The first-order valence-corrected chi connectivity index (χ1v) is 9.02. The monoisotopic (exact) mass is 355 g/mol. The molecule has 0 spiro atoms. The Morgan fingerprint density at radius 1 is 1.04 bits per heavy atom. The van der Waals surface area contributed by atoms with Gasteiger partial charge < -0.3 is 16.0 Å². The predicted molar refractivity (Wildman–Crippen MR) is 107 cm³/mol. The second-order valence-electron chi connectivity index (χ2n) is 7.26. The van der Waals surface area contributed by atoms with Gasteiger partial charge in [-0.15, -0.1) is 0 Å². The summed E-state index contributed by atoms with van der Waals surface area (Å²) in [5.74, 6) is 1.29. The van der Waals surface area contributed by atoms with E-state index < -0.39 is 0 Å². The third-order valence-electron chi connectivity index (χ3n) is 3.92. The number of carbonyl (C=O) groups is 1. The number of hydrogen-bond acceptors (Lipinski definition) is 5. The molecule has 3 N–H and O–H groups in total. The largest absolute Gasteiger partial charge is 0.368 e. The van der Waals surface area contributed by atoms with Gasteiger partial charge in [0.15, 0.2) is 0 Å². The van der Waals surface area contributed by atoms with Gasteiger partial charge in [-0.25, -0.2) is 4.98 Å². The van der Waals surface area contributed by atoms with E-state index in [0.717, 1.165) is 18.1 Å². The summed E-state index contributed by atoms with van der Waals surface area (Å²) in [6, 6.07) is 9.66. The molecule has 6 nitrogen and oxygen atoms in total. The van der Waals surface area contributed by atoms with Gasteiger partial charge in [-0.2, -0.15) is 4.98 Å². The molecule has 0 bridgehead atoms. The van der Waals surface area contributed by atoms with E-state index in [1.807, 2.05) is 44.2 Å². The van der Waals surface area contributed by atoms with Gasteiger partial charge in [0.05, 0.1) is 0 Å². The van der Waals surface area contributed by atoms with Crippen LogP contribution in [-0.2, 0) is 5.41 Å². The predicted octanol–water partition coefficient (Wildman–Crippen LogP) is 3.36. The van der Waals surface area contributed by atoms with E-state index in [1.54, 1.807) is 0 Å². The second-order valence-corrected chi connectivity index (χ2v) is 7.26. The molecule has 0 radical (unpaired) electrons. The zero-order valence-electron chi connectivity index (χ0n) is 16.3. The van der Waals surface area contributed by atoms with Gasteiger partial charge in [0, 0.05) is 37.0 Å². The normalized spacial score (nSPS) is 11.1. The molecule has 0 saturated carbocycles. The van der Waals surface area contributed by atoms with Crippen molar-refractivity contribution in [3.05, 3.63) is 47.2 Å². The van der Waals surface area contributed by atoms with Crippen molar-refractivity contribution in [2.75, 3.05) is 30.3 Å². The number of amides is 1. The van der Waals surface area contributed by atoms with E-state index in [-0.39, 0.29) is 11.3 Å². The van der Waals surface area contributed by atoms with Gasteiger partial charge in [-0.05, 0) is 37.0 Å². The van der Waals surface area contributed by atoms with Crippen LogP contribution in [-0.4, -0.2) is 35.5 Å². The van der Waals surface area contributed by atoms with Crippen molar-refractivity contribution in [3.8, 4) is 0 Å². The van der Waals surface area contributed by atoms with Crippen molar-refractivity contribution in [1.29, 1.82) is 0 Å². The van der Waals surface area contributed by atoms with Crippen LogP contribution in [0.15, 0.2) is 30.3 Å². The Morgan fingerprint density at radius 2 is 1.73 bits per heavy atom. The maximum Gasteiger partial charge on any atom is 0.251 e. The number of carbonyl (C=O) groups excluding carboxylic acids is 1.